The highest BCUT2D eigenvalue weighted by Gasteiger charge is 2.05. The van der Waals surface area contributed by atoms with E-state index in [9.17, 15) is 0 Å². The maximum atomic E-state index is 4.55. The fourth-order valence-corrected chi connectivity index (χ4v) is 3.06. The van der Waals surface area contributed by atoms with E-state index in [4.69, 9.17) is 0 Å². The van der Waals surface area contributed by atoms with E-state index < -0.39 is 0 Å². The van der Waals surface area contributed by atoms with Crippen LogP contribution in [0.4, 0.5) is 5.13 Å². The SMILES string of the molecule is c1ccc2[nH]c(CNc3nc4ccccc4s3)nc2c1. The van der Waals surface area contributed by atoms with Gasteiger partial charge in [-0.3, -0.25) is 0 Å². The number of imidazole rings is 1. The Labute approximate surface area is 119 Å². The Morgan fingerprint density at radius 1 is 0.950 bits per heavy atom. The smallest absolute Gasteiger partial charge is 0.184 e. The monoisotopic (exact) mass is 280 g/mol. The first-order valence-electron chi connectivity index (χ1n) is 6.41. The van der Waals surface area contributed by atoms with Crippen LogP contribution in [0.15, 0.2) is 48.5 Å². The van der Waals surface area contributed by atoms with Crippen LogP contribution in [-0.4, -0.2) is 15.0 Å². The summed E-state index contributed by atoms with van der Waals surface area (Å²) in [7, 11) is 0. The van der Waals surface area contributed by atoms with Crippen molar-refractivity contribution >= 4 is 37.7 Å². The van der Waals surface area contributed by atoms with Gasteiger partial charge in [-0.2, -0.15) is 0 Å². The number of aromatic nitrogens is 3. The summed E-state index contributed by atoms with van der Waals surface area (Å²) in [4.78, 5) is 12.4. The van der Waals surface area contributed by atoms with Crippen LogP contribution >= 0.6 is 11.3 Å². The Balaban J connectivity index is 1.57. The van der Waals surface area contributed by atoms with Crippen molar-refractivity contribution in [3.8, 4) is 0 Å². The molecule has 4 rings (SSSR count). The first kappa shape index (κ1) is 11.4. The number of hydrogen-bond acceptors (Lipinski definition) is 4. The molecular formula is C15H12N4S. The molecule has 0 fully saturated rings. The summed E-state index contributed by atoms with van der Waals surface area (Å²) in [5.74, 6) is 0.922. The van der Waals surface area contributed by atoms with Crippen LogP contribution in [-0.2, 0) is 6.54 Å². The number of aromatic amines is 1. The van der Waals surface area contributed by atoms with Crippen molar-refractivity contribution in [3.05, 3.63) is 54.4 Å². The number of para-hydroxylation sites is 3. The van der Waals surface area contributed by atoms with Gasteiger partial charge in [0.25, 0.3) is 0 Å². The summed E-state index contributed by atoms with van der Waals surface area (Å²) in [6, 6.07) is 16.2. The van der Waals surface area contributed by atoms with E-state index in [-0.39, 0.29) is 0 Å². The molecule has 0 bridgehead atoms. The van der Waals surface area contributed by atoms with Crippen molar-refractivity contribution in [3.63, 3.8) is 0 Å². The second-order valence-corrected chi connectivity index (χ2v) is 5.57. The fraction of sp³-hybridized carbons (Fsp3) is 0.0667. The third kappa shape index (κ3) is 2.02. The van der Waals surface area contributed by atoms with Crippen LogP contribution in [0, 0.1) is 0 Å². The van der Waals surface area contributed by atoms with Crippen LogP contribution in [0.3, 0.4) is 0 Å². The molecule has 2 N–H and O–H groups in total. The van der Waals surface area contributed by atoms with Gasteiger partial charge in [0, 0.05) is 0 Å². The van der Waals surface area contributed by atoms with Crippen LogP contribution in [0.25, 0.3) is 21.3 Å². The maximum Gasteiger partial charge on any atom is 0.184 e. The normalized spacial score (nSPS) is 11.2. The zero-order valence-electron chi connectivity index (χ0n) is 10.6. The first-order chi connectivity index (χ1) is 9.88. The molecule has 4 aromatic rings. The zero-order chi connectivity index (χ0) is 13.4. The summed E-state index contributed by atoms with van der Waals surface area (Å²) in [5.41, 5.74) is 3.09. The van der Waals surface area contributed by atoms with E-state index in [1.54, 1.807) is 11.3 Å². The van der Waals surface area contributed by atoms with Crippen LogP contribution < -0.4 is 5.32 Å². The first-order valence-corrected chi connectivity index (χ1v) is 7.23. The topological polar surface area (TPSA) is 53.6 Å². The van der Waals surface area contributed by atoms with Crippen molar-refractivity contribution in [2.75, 3.05) is 5.32 Å². The molecule has 0 saturated carbocycles. The average Bonchev–Trinajstić information content (AvgIpc) is 3.07. The maximum absolute atomic E-state index is 4.55. The average molecular weight is 280 g/mol. The van der Waals surface area contributed by atoms with Gasteiger partial charge in [0.15, 0.2) is 5.13 Å². The number of thiazole rings is 1. The minimum atomic E-state index is 0.647. The van der Waals surface area contributed by atoms with E-state index >= 15 is 0 Å². The number of nitrogens with zero attached hydrogens (tertiary/aromatic N) is 2. The van der Waals surface area contributed by atoms with Gasteiger partial charge in [0.05, 0.1) is 27.8 Å². The molecule has 2 aromatic carbocycles. The van der Waals surface area contributed by atoms with Crippen LogP contribution in [0.5, 0.6) is 0 Å². The van der Waals surface area contributed by atoms with Gasteiger partial charge >= 0.3 is 0 Å². The molecule has 0 aliphatic carbocycles. The molecular weight excluding hydrogens is 268 g/mol. The lowest BCUT2D eigenvalue weighted by atomic mass is 10.3. The second kappa shape index (κ2) is 4.61. The standard InChI is InChI=1S/C15H12N4S/c1-2-6-11-10(5-1)17-14(18-11)9-16-15-19-12-7-3-4-8-13(12)20-15/h1-8H,9H2,(H,16,19)(H,17,18). The molecule has 4 nitrogen and oxygen atoms in total. The number of hydrogen-bond donors (Lipinski definition) is 2. The van der Waals surface area contributed by atoms with E-state index in [0.29, 0.717) is 6.54 Å². The highest BCUT2D eigenvalue weighted by molar-refractivity contribution is 7.22. The number of H-pyrrole nitrogens is 1. The van der Waals surface area contributed by atoms with Gasteiger partial charge in [0.1, 0.15) is 5.82 Å². The van der Waals surface area contributed by atoms with Crippen LogP contribution in [0.2, 0.25) is 0 Å². The summed E-state index contributed by atoms with van der Waals surface area (Å²) < 4.78 is 1.19. The van der Waals surface area contributed by atoms with E-state index in [0.717, 1.165) is 27.5 Å². The molecule has 5 heteroatoms. The van der Waals surface area contributed by atoms with Crippen molar-refractivity contribution < 1.29 is 0 Å². The van der Waals surface area contributed by atoms with Gasteiger partial charge in [0.2, 0.25) is 0 Å². The molecule has 0 amide bonds. The largest absolute Gasteiger partial charge is 0.354 e. The van der Waals surface area contributed by atoms with Gasteiger partial charge in [-0.05, 0) is 24.3 Å². The quantitative estimate of drug-likeness (QED) is 0.600. The van der Waals surface area contributed by atoms with E-state index in [1.165, 1.54) is 4.70 Å². The Kier molecular flexibility index (Phi) is 2.63. The van der Waals surface area contributed by atoms with Gasteiger partial charge in [-0.25, -0.2) is 9.97 Å². The third-order valence-electron chi connectivity index (χ3n) is 3.14. The highest BCUT2D eigenvalue weighted by Crippen LogP contribution is 2.25. The number of benzene rings is 2. The minimum absolute atomic E-state index is 0.647. The molecule has 2 heterocycles. The molecule has 0 saturated heterocycles. The Bertz CT molecular complexity index is 737. The molecule has 98 valence electrons. The molecule has 0 radical (unpaired) electrons. The molecule has 0 unspecified atom stereocenters. The lowest BCUT2D eigenvalue weighted by Gasteiger charge is -1.97. The van der Waals surface area contributed by atoms with Crippen molar-refractivity contribution in [2.45, 2.75) is 6.54 Å². The number of rotatable bonds is 3. The lowest BCUT2D eigenvalue weighted by molar-refractivity contribution is 1.01. The summed E-state index contributed by atoms with van der Waals surface area (Å²) >= 11 is 1.66. The third-order valence-corrected chi connectivity index (χ3v) is 4.13. The van der Waals surface area contributed by atoms with Crippen LogP contribution in [0.1, 0.15) is 5.82 Å². The molecule has 0 atom stereocenters. The second-order valence-electron chi connectivity index (χ2n) is 4.54. The van der Waals surface area contributed by atoms with Gasteiger partial charge < -0.3 is 10.3 Å². The van der Waals surface area contributed by atoms with Gasteiger partial charge in [-0.1, -0.05) is 35.6 Å². The Morgan fingerprint density at radius 3 is 2.60 bits per heavy atom. The summed E-state index contributed by atoms with van der Waals surface area (Å²) in [6.45, 7) is 0.647. The minimum Gasteiger partial charge on any atom is -0.354 e. The van der Waals surface area contributed by atoms with Crippen molar-refractivity contribution in [1.82, 2.24) is 15.0 Å². The summed E-state index contributed by atoms with van der Waals surface area (Å²) in [6.07, 6.45) is 0. The zero-order valence-corrected chi connectivity index (χ0v) is 11.4. The molecule has 0 spiro atoms. The predicted octanol–water partition coefficient (Wildman–Crippen LogP) is 3.78. The van der Waals surface area contributed by atoms with E-state index in [2.05, 4.69) is 26.3 Å². The Hall–Kier alpha value is -2.40. The Morgan fingerprint density at radius 2 is 1.75 bits per heavy atom. The van der Waals surface area contributed by atoms with Gasteiger partial charge in [-0.15, -0.1) is 0 Å². The molecule has 20 heavy (non-hydrogen) atoms. The van der Waals surface area contributed by atoms with Crippen molar-refractivity contribution in [2.24, 2.45) is 0 Å². The summed E-state index contributed by atoms with van der Waals surface area (Å²) in [5, 5.41) is 4.25. The highest BCUT2D eigenvalue weighted by atomic mass is 32.1. The molecule has 0 aliphatic heterocycles. The number of nitrogens with one attached hydrogen (secondary N) is 2. The number of anilines is 1. The predicted molar refractivity (Wildman–Crippen MR) is 83.0 cm³/mol. The van der Waals surface area contributed by atoms with Crippen molar-refractivity contribution in [1.29, 1.82) is 0 Å². The van der Waals surface area contributed by atoms with E-state index in [1.807, 2.05) is 42.5 Å². The number of fused-ring (bicyclic) bond motifs is 2. The lowest BCUT2D eigenvalue weighted by Crippen LogP contribution is -2.00. The molecule has 0 aliphatic rings. The molecule has 2 aromatic heterocycles. The fourth-order valence-electron chi connectivity index (χ4n) is 2.20.